The summed E-state index contributed by atoms with van der Waals surface area (Å²) in [6.07, 6.45) is 0.748. The molecule has 0 saturated carbocycles. The van der Waals surface area contributed by atoms with Crippen LogP contribution in [0, 0.1) is 0 Å². The standard InChI is InChI=1S/C13H17ClN2O3S/c1-18-6-2-5-16-12(17)8-19-11-7-9(14)3-4-10(11)13(15)20/h3-4,7H,2,5-6,8H2,1H3,(H2,15,20)(H,16,17). The number of carbonyl (C=O) groups excluding carboxylic acids is 1. The first-order valence-corrected chi connectivity index (χ1v) is 6.81. The fourth-order valence-corrected chi connectivity index (χ4v) is 1.79. The van der Waals surface area contributed by atoms with Crippen molar-refractivity contribution in [1.82, 2.24) is 5.32 Å². The normalized spacial score (nSPS) is 10.1. The molecule has 0 unspecified atom stereocenters. The van der Waals surface area contributed by atoms with Crippen molar-refractivity contribution in [2.45, 2.75) is 6.42 Å². The Bertz CT molecular complexity index is 483. The number of hydrogen-bond donors (Lipinski definition) is 2. The van der Waals surface area contributed by atoms with Gasteiger partial charge >= 0.3 is 0 Å². The molecule has 1 aromatic rings. The van der Waals surface area contributed by atoms with E-state index in [1.165, 1.54) is 0 Å². The zero-order valence-electron chi connectivity index (χ0n) is 11.1. The minimum atomic E-state index is -0.227. The quantitative estimate of drug-likeness (QED) is 0.562. The molecule has 110 valence electrons. The second-order valence-corrected chi connectivity index (χ2v) is 4.87. The van der Waals surface area contributed by atoms with Gasteiger partial charge in [0, 0.05) is 25.3 Å². The van der Waals surface area contributed by atoms with Crippen LogP contribution in [0.1, 0.15) is 12.0 Å². The lowest BCUT2D eigenvalue weighted by atomic mass is 10.2. The number of hydrogen-bond acceptors (Lipinski definition) is 4. The molecule has 1 aromatic carbocycles. The Morgan fingerprint density at radius 3 is 2.90 bits per heavy atom. The fraction of sp³-hybridized carbons (Fsp3) is 0.385. The highest BCUT2D eigenvalue weighted by atomic mass is 35.5. The molecule has 0 atom stereocenters. The summed E-state index contributed by atoms with van der Waals surface area (Å²) in [5.41, 5.74) is 6.13. The predicted molar refractivity (Wildman–Crippen MR) is 82.3 cm³/mol. The molecule has 0 aromatic heterocycles. The first kappa shape index (κ1) is 16.7. The van der Waals surface area contributed by atoms with E-state index in [9.17, 15) is 4.79 Å². The molecule has 5 nitrogen and oxygen atoms in total. The molecule has 0 fully saturated rings. The number of carbonyl (C=O) groups is 1. The van der Waals surface area contributed by atoms with E-state index in [0.717, 1.165) is 6.42 Å². The Morgan fingerprint density at radius 2 is 2.25 bits per heavy atom. The number of rotatable bonds is 8. The zero-order chi connectivity index (χ0) is 15.0. The van der Waals surface area contributed by atoms with Crippen LogP contribution in [0.2, 0.25) is 5.02 Å². The first-order chi connectivity index (χ1) is 9.54. The zero-order valence-corrected chi connectivity index (χ0v) is 12.7. The second kappa shape index (κ2) is 8.73. The maximum absolute atomic E-state index is 11.6. The molecular formula is C13H17ClN2O3S. The Labute approximate surface area is 128 Å². The second-order valence-electron chi connectivity index (χ2n) is 3.99. The molecule has 3 N–H and O–H groups in total. The molecular weight excluding hydrogens is 300 g/mol. The minimum absolute atomic E-state index is 0.122. The van der Waals surface area contributed by atoms with Gasteiger partial charge in [-0.15, -0.1) is 0 Å². The number of thiocarbonyl (C=S) groups is 1. The summed E-state index contributed by atoms with van der Waals surface area (Å²) in [6.45, 7) is 1.01. The third-order valence-electron chi connectivity index (χ3n) is 2.42. The maximum Gasteiger partial charge on any atom is 0.257 e. The molecule has 0 saturated heterocycles. The Hall–Kier alpha value is -1.37. The Kier molecular flexibility index (Phi) is 7.28. The highest BCUT2D eigenvalue weighted by molar-refractivity contribution is 7.80. The van der Waals surface area contributed by atoms with Crippen LogP contribution in [-0.4, -0.2) is 37.8 Å². The van der Waals surface area contributed by atoms with Gasteiger partial charge in [0.15, 0.2) is 6.61 Å². The van der Waals surface area contributed by atoms with Crippen molar-refractivity contribution in [2.75, 3.05) is 26.9 Å². The van der Waals surface area contributed by atoms with E-state index in [2.05, 4.69) is 5.32 Å². The van der Waals surface area contributed by atoms with Crippen molar-refractivity contribution >= 4 is 34.7 Å². The van der Waals surface area contributed by atoms with Gasteiger partial charge in [0.05, 0.1) is 5.56 Å². The van der Waals surface area contributed by atoms with Crippen molar-refractivity contribution in [3.8, 4) is 5.75 Å². The molecule has 0 spiro atoms. The smallest absolute Gasteiger partial charge is 0.257 e. The highest BCUT2D eigenvalue weighted by Gasteiger charge is 2.09. The molecule has 0 radical (unpaired) electrons. The largest absolute Gasteiger partial charge is 0.483 e. The summed E-state index contributed by atoms with van der Waals surface area (Å²) < 4.78 is 10.3. The molecule has 0 aliphatic heterocycles. The monoisotopic (exact) mass is 316 g/mol. The molecule has 1 amide bonds. The minimum Gasteiger partial charge on any atom is -0.483 e. The van der Waals surface area contributed by atoms with Crippen molar-refractivity contribution < 1.29 is 14.3 Å². The van der Waals surface area contributed by atoms with Crippen LogP contribution in [0.25, 0.3) is 0 Å². The van der Waals surface area contributed by atoms with Crippen molar-refractivity contribution in [3.05, 3.63) is 28.8 Å². The molecule has 7 heteroatoms. The Morgan fingerprint density at radius 1 is 1.50 bits per heavy atom. The number of amides is 1. The van der Waals surface area contributed by atoms with E-state index in [-0.39, 0.29) is 17.5 Å². The van der Waals surface area contributed by atoms with Crippen LogP contribution in [0.5, 0.6) is 5.75 Å². The number of methoxy groups -OCH3 is 1. The summed E-state index contributed by atoms with van der Waals surface area (Å²) in [5.74, 6) is 0.173. The predicted octanol–water partition coefficient (Wildman–Crippen LogP) is 1.51. The lowest BCUT2D eigenvalue weighted by molar-refractivity contribution is -0.123. The van der Waals surface area contributed by atoms with E-state index < -0.39 is 0 Å². The van der Waals surface area contributed by atoms with Crippen molar-refractivity contribution in [2.24, 2.45) is 5.73 Å². The molecule has 20 heavy (non-hydrogen) atoms. The van der Waals surface area contributed by atoms with Gasteiger partial charge in [-0.1, -0.05) is 23.8 Å². The molecule has 0 bridgehead atoms. The number of ether oxygens (including phenoxy) is 2. The van der Waals surface area contributed by atoms with E-state index in [0.29, 0.717) is 29.5 Å². The summed E-state index contributed by atoms with van der Waals surface area (Å²) in [7, 11) is 1.61. The van der Waals surface area contributed by atoms with Gasteiger partial charge in [-0.05, 0) is 24.6 Å². The van der Waals surface area contributed by atoms with Crippen LogP contribution in [0.4, 0.5) is 0 Å². The van der Waals surface area contributed by atoms with Crippen LogP contribution >= 0.6 is 23.8 Å². The fourth-order valence-electron chi connectivity index (χ4n) is 1.46. The number of nitrogens with two attached hydrogens (primary N) is 1. The van der Waals surface area contributed by atoms with Gasteiger partial charge in [-0.2, -0.15) is 0 Å². The van der Waals surface area contributed by atoms with Crippen LogP contribution in [-0.2, 0) is 9.53 Å². The summed E-state index contributed by atoms with van der Waals surface area (Å²) >= 11 is 10.8. The van der Waals surface area contributed by atoms with Gasteiger partial charge < -0.3 is 20.5 Å². The maximum atomic E-state index is 11.6. The van der Waals surface area contributed by atoms with Crippen LogP contribution in [0.15, 0.2) is 18.2 Å². The van der Waals surface area contributed by atoms with Gasteiger partial charge in [0.25, 0.3) is 5.91 Å². The third kappa shape index (κ3) is 5.73. The number of nitrogens with one attached hydrogen (secondary N) is 1. The van der Waals surface area contributed by atoms with E-state index >= 15 is 0 Å². The summed E-state index contributed by atoms with van der Waals surface area (Å²) in [4.78, 5) is 11.8. The third-order valence-corrected chi connectivity index (χ3v) is 2.87. The average molecular weight is 317 g/mol. The van der Waals surface area contributed by atoms with Crippen molar-refractivity contribution in [3.63, 3.8) is 0 Å². The summed E-state index contributed by atoms with van der Waals surface area (Å²) in [5, 5.41) is 3.20. The van der Waals surface area contributed by atoms with Gasteiger partial charge in [0.1, 0.15) is 10.7 Å². The van der Waals surface area contributed by atoms with Crippen LogP contribution < -0.4 is 15.8 Å². The highest BCUT2D eigenvalue weighted by Crippen LogP contribution is 2.23. The first-order valence-electron chi connectivity index (χ1n) is 6.02. The van der Waals surface area contributed by atoms with Crippen molar-refractivity contribution in [1.29, 1.82) is 0 Å². The van der Waals surface area contributed by atoms with Gasteiger partial charge in [-0.25, -0.2) is 0 Å². The van der Waals surface area contributed by atoms with Gasteiger partial charge in [0.2, 0.25) is 0 Å². The SMILES string of the molecule is COCCCNC(=O)COc1cc(Cl)ccc1C(N)=S. The van der Waals surface area contributed by atoms with E-state index in [4.69, 9.17) is 39.0 Å². The molecule has 0 aliphatic rings. The number of halogens is 1. The average Bonchev–Trinajstić information content (AvgIpc) is 2.41. The molecule has 1 rings (SSSR count). The molecule has 0 aliphatic carbocycles. The molecule has 0 heterocycles. The lowest BCUT2D eigenvalue weighted by Gasteiger charge is -2.11. The van der Waals surface area contributed by atoms with E-state index in [1.807, 2.05) is 0 Å². The van der Waals surface area contributed by atoms with Gasteiger partial charge in [-0.3, -0.25) is 4.79 Å². The van der Waals surface area contributed by atoms with E-state index in [1.54, 1.807) is 25.3 Å². The number of benzene rings is 1. The topological polar surface area (TPSA) is 73.6 Å². The summed E-state index contributed by atoms with van der Waals surface area (Å²) in [6, 6.07) is 4.90. The Balaban J connectivity index is 2.50. The van der Waals surface area contributed by atoms with Crippen LogP contribution in [0.3, 0.4) is 0 Å². The lowest BCUT2D eigenvalue weighted by Crippen LogP contribution is -2.30.